The van der Waals surface area contributed by atoms with Gasteiger partial charge in [0.05, 0.1) is 12.6 Å². The summed E-state index contributed by atoms with van der Waals surface area (Å²) in [6.07, 6.45) is -1.37. The van der Waals surface area contributed by atoms with Crippen LogP contribution in [0.4, 0.5) is 13.6 Å². The minimum Gasteiger partial charge on any atom is -0.444 e. The van der Waals surface area contributed by atoms with Crippen molar-refractivity contribution in [2.45, 2.75) is 116 Å². The number of likely N-dealkylation sites (tertiary alicyclic amines) is 1. The van der Waals surface area contributed by atoms with Crippen LogP contribution in [-0.4, -0.2) is 108 Å². The number of nitrogens with zero attached hydrogens (tertiary/aromatic N) is 2. The maximum Gasteiger partial charge on any atom is 0.408 e. The van der Waals surface area contributed by atoms with Crippen molar-refractivity contribution in [1.29, 1.82) is 0 Å². The molecule has 1 aromatic carbocycles. The number of fused-ring (bicyclic) bond motifs is 1. The number of benzene rings is 1. The summed E-state index contributed by atoms with van der Waals surface area (Å²) in [5.41, 5.74) is -0.707. The monoisotopic (exact) mass is 774 g/mol. The first-order chi connectivity index (χ1) is 25.6. The van der Waals surface area contributed by atoms with Crippen LogP contribution in [0.1, 0.15) is 91.7 Å². The smallest absolute Gasteiger partial charge is 0.408 e. The highest BCUT2D eigenvalue weighted by Gasteiger charge is 2.70. The quantitative estimate of drug-likeness (QED) is 0.208. The number of hydrogen-bond acceptors (Lipinski definition) is 8. The summed E-state index contributed by atoms with van der Waals surface area (Å²) in [7, 11) is 3.08. The van der Waals surface area contributed by atoms with E-state index in [4.69, 9.17) is 4.74 Å². The highest BCUT2D eigenvalue weighted by molar-refractivity contribution is 6.38. The van der Waals surface area contributed by atoms with Crippen LogP contribution in [-0.2, 0) is 33.5 Å². The fraction of sp³-hybridized carbons (Fsp3) is 0.667. The fourth-order valence-corrected chi connectivity index (χ4v) is 7.83. The van der Waals surface area contributed by atoms with Crippen LogP contribution in [0.15, 0.2) is 30.3 Å². The van der Waals surface area contributed by atoms with E-state index in [1.165, 1.54) is 23.9 Å². The highest BCUT2D eigenvalue weighted by Crippen LogP contribution is 2.65. The number of hydrogen-bond donors (Lipinski definition) is 4. The number of carbonyl (C=O) groups is 7. The lowest BCUT2D eigenvalue weighted by molar-refractivity contribution is -0.145. The van der Waals surface area contributed by atoms with Crippen LogP contribution in [0.3, 0.4) is 0 Å². The first kappa shape index (κ1) is 43.1. The minimum absolute atomic E-state index is 0.0264. The molecule has 1 heterocycles. The maximum atomic E-state index is 14.3. The second-order valence-electron chi connectivity index (χ2n) is 16.7. The van der Waals surface area contributed by atoms with Crippen molar-refractivity contribution in [1.82, 2.24) is 31.1 Å². The number of piperidine rings is 1. The molecule has 14 nitrogen and oxygen atoms in total. The molecule has 0 radical (unpaired) electrons. The molecule has 4 unspecified atom stereocenters. The van der Waals surface area contributed by atoms with Gasteiger partial charge in [-0.2, -0.15) is 0 Å². The van der Waals surface area contributed by atoms with E-state index >= 15 is 0 Å². The molecule has 6 atom stereocenters. The lowest BCUT2D eigenvalue weighted by Gasteiger charge is -2.38. The summed E-state index contributed by atoms with van der Waals surface area (Å²) in [5.74, 6) is -8.41. The third-order valence-corrected chi connectivity index (χ3v) is 10.9. The molecule has 0 spiro atoms. The average Bonchev–Trinajstić information content (AvgIpc) is 3.41. The predicted molar refractivity (Wildman–Crippen MR) is 197 cm³/mol. The molecular formula is C39H56F2N6O8. The number of Topliss-reactive ketones (excluding diaryl/α,β-unsaturated/α-hetero) is 1. The van der Waals surface area contributed by atoms with Crippen molar-refractivity contribution in [2.24, 2.45) is 23.2 Å². The van der Waals surface area contributed by atoms with Crippen LogP contribution >= 0.6 is 0 Å². The molecular weight excluding hydrogens is 718 g/mol. The summed E-state index contributed by atoms with van der Waals surface area (Å²) in [4.78, 5) is 96.3. The van der Waals surface area contributed by atoms with E-state index in [1.807, 2.05) is 13.8 Å². The summed E-state index contributed by atoms with van der Waals surface area (Å²) in [6, 6.07) is 3.91. The molecule has 16 heteroatoms. The summed E-state index contributed by atoms with van der Waals surface area (Å²) >= 11 is 0. The largest absolute Gasteiger partial charge is 0.444 e. The van der Waals surface area contributed by atoms with Gasteiger partial charge in [0, 0.05) is 33.5 Å². The molecule has 304 valence electrons. The van der Waals surface area contributed by atoms with E-state index in [1.54, 1.807) is 58.0 Å². The second kappa shape index (κ2) is 17.0. The van der Waals surface area contributed by atoms with Crippen molar-refractivity contribution >= 4 is 41.4 Å². The maximum absolute atomic E-state index is 14.3. The number of alkyl carbamates (subject to hydrolysis) is 1. The van der Waals surface area contributed by atoms with E-state index < -0.39 is 102 Å². The number of amides is 6. The van der Waals surface area contributed by atoms with Crippen LogP contribution in [0.2, 0.25) is 0 Å². The third-order valence-electron chi connectivity index (χ3n) is 10.9. The van der Waals surface area contributed by atoms with Gasteiger partial charge >= 0.3 is 6.09 Å². The third kappa shape index (κ3) is 10.6. The van der Waals surface area contributed by atoms with Crippen molar-refractivity contribution in [3.05, 3.63) is 35.9 Å². The zero-order valence-corrected chi connectivity index (χ0v) is 33.0. The number of likely N-dealkylation sites (N-methyl/N-ethyl adjacent to an activating group) is 1. The standard InChI is InChI=1S/C39H56F2N6O8/c1-9-13-25(31(49)33(51)42-20-26(48)44-28(34(52)46(7)8)22-14-11-10-12-15-22)43-32(50)30-27-24(38(27,5)6)21-47(30)35(53)29(45-36(54)55-37(2,3)4)23-16-18-39(40,41)19-17-23/h10-12,14-15,23-25,27-30H,9,13,16-21H2,1-8H3,(H,42,51)(H,43,50)(H,44,48)(H,45,54)/t24-,25?,27?,28-,29?,30?/m0/s1. The van der Waals surface area contributed by atoms with E-state index in [2.05, 4.69) is 21.3 Å². The first-order valence-corrected chi connectivity index (χ1v) is 18.9. The minimum atomic E-state index is -2.88. The number of carbonyl (C=O) groups excluding carboxylic acids is 7. The van der Waals surface area contributed by atoms with Crippen molar-refractivity contribution in [2.75, 3.05) is 27.2 Å². The Bertz CT molecular complexity index is 1620. The van der Waals surface area contributed by atoms with Gasteiger partial charge in [-0.1, -0.05) is 57.5 Å². The molecule has 0 bridgehead atoms. The van der Waals surface area contributed by atoms with Crippen LogP contribution in [0.5, 0.6) is 0 Å². The summed E-state index contributed by atoms with van der Waals surface area (Å²) < 4.78 is 33.7. The number of rotatable bonds is 14. The lowest BCUT2D eigenvalue weighted by atomic mass is 9.81. The number of ketones is 1. The van der Waals surface area contributed by atoms with Crippen LogP contribution < -0.4 is 21.3 Å². The molecule has 2 saturated carbocycles. The molecule has 3 fully saturated rings. The Balaban J connectivity index is 1.47. The van der Waals surface area contributed by atoms with Crippen molar-refractivity contribution < 1.29 is 47.1 Å². The van der Waals surface area contributed by atoms with Crippen LogP contribution in [0, 0.1) is 23.2 Å². The van der Waals surface area contributed by atoms with E-state index in [9.17, 15) is 42.3 Å². The summed E-state index contributed by atoms with van der Waals surface area (Å²) in [6.45, 7) is 10.2. The Labute approximate surface area is 321 Å². The van der Waals surface area contributed by atoms with Gasteiger partial charge in [0.2, 0.25) is 35.3 Å². The van der Waals surface area contributed by atoms with E-state index in [-0.39, 0.29) is 43.1 Å². The molecule has 4 rings (SSSR count). The van der Waals surface area contributed by atoms with Gasteiger partial charge < -0.3 is 35.8 Å². The molecule has 4 N–H and O–H groups in total. The van der Waals surface area contributed by atoms with Crippen LogP contribution in [0.25, 0.3) is 0 Å². The number of ether oxygens (including phenoxy) is 1. The topological polar surface area (TPSA) is 183 Å². The molecule has 55 heavy (non-hydrogen) atoms. The molecule has 2 aliphatic carbocycles. The van der Waals surface area contributed by atoms with Gasteiger partial charge in [0.1, 0.15) is 23.7 Å². The molecule has 1 saturated heterocycles. The molecule has 1 aromatic rings. The van der Waals surface area contributed by atoms with Gasteiger partial charge in [-0.3, -0.25) is 28.8 Å². The number of alkyl halides is 2. The number of nitrogens with one attached hydrogen (secondary N) is 4. The van der Waals surface area contributed by atoms with E-state index in [0.29, 0.717) is 12.0 Å². The average molecular weight is 775 g/mol. The Morgan fingerprint density at radius 2 is 1.58 bits per heavy atom. The Hall–Kier alpha value is -4.63. The molecule has 0 aromatic heterocycles. The lowest BCUT2D eigenvalue weighted by Crippen LogP contribution is -2.60. The van der Waals surface area contributed by atoms with Gasteiger partial charge in [-0.25, -0.2) is 13.6 Å². The van der Waals surface area contributed by atoms with Crippen molar-refractivity contribution in [3.63, 3.8) is 0 Å². The molecule has 1 aliphatic heterocycles. The van der Waals surface area contributed by atoms with Gasteiger partial charge in [0.25, 0.3) is 5.91 Å². The normalized spacial score (nSPS) is 22.9. The van der Waals surface area contributed by atoms with Gasteiger partial charge in [0.15, 0.2) is 0 Å². The molecule has 3 aliphatic rings. The first-order valence-electron chi connectivity index (χ1n) is 18.9. The zero-order valence-electron chi connectivity index (χ0n) is 33.0. The van der Waals surface area contributed by atoms with Crippen molar-refractivity contribution in [3.8, 4) is 0 Å². The SMILES string of the molecule is CCCC(NC(=O)C1C2[C@H](CN1C(=O)C(NC(=O)OC(C)(C)C)C1CCC(F)(F)CC1)C2(C)C)C(=O)C(=O)NCC(=O)N[C@H](C(=O)N(C)C)c1ccccc1. The predicted octanol–water partition coefficient (Wildman–Crippen LogP) is 3.10. The van der Waals surface area contributed by atoms with E-state index in [0.717, 1.165) is 0 Å². The molecule has 6 amide bonds. The van der Waals surface area contributed by atoms with Gasteiger partial charge in [-0.15, -0.1) is 0 Å². The second-order valence-corrected chi connectivity index (χ2v) is 16.7. The summed E-state index contributed by atoms with van der Waals surface area (Å²) in [5, 5.41) is 10.2. The zero-order chi connectivity index (χ0) is 41.0. The van der Waals surface area contributed by atoms with Gasteiger partial charge in [-0.05, 0) is 68.8 Å². The number of halogens is 2. The highest BCUT2D eigenvalue weighted by atomic mass is 19.3. The Morgan fingerprint density at radius 1 is 0.964 bits per heavy atom. The fourth-order valence-electron chi connectivity index (χ4n) is 7.83. The Morgan fingerprint density at radius 3 is 2.15 bits per heavy atom. The Kier molecular flexibility index (Phi) is 13.3.